The Morgan fingerprint density at radius 2 is 1.95 bits per heavy atom. The topological polar surface area (TPSA) is 63.5 Å². The molecule has 2 N–H and O–H groups in total. The molecule has 118 valence electrons. The van der Waals surface area contributed by atoms with Crippen LogP contribution in [0.1, 0.15) is 24.3 Å². The number of hydrogen-bond donors (Lipinski definition) is 2. The fourth-order valence-electron chi connectivity index (χ4n) is 4.22. The van der Waals surface area contributed by atoms with Gasteiger partial charge in [0.05, 0.1) is 13.7 Å². The van der Waals surface area contributed by atoms with Crippen LogP contribution in [0.3, 0.4) is 0 Å². The normalized spacial score (nSPS) is 39.9. The third-order valence-electron chi connectivity index (χ3n) is 5.51. The number of morpholine rings is 1. The lowest BCUT2D eigenvalue weighted by atomic mass is 9.97. The number of quaternary nitrogens is 1. The maximum absolute atomic E-state index is 12.4. The molecule has 3 saturated heterocycles. The van der Waals surface area contributed by atoms with E-state index in [1.165, 1.54) is 4.90 Å². The van der Waals surface area contributed by atoms with Crippen molar-refractivity contribution in [1.82, 2.24) is 0 Å². The number of ether oxygens (including phenoxy) is 2. The lowest BCUT2D eigenvalue weighted by Gasteiger charge is -2.35. The SMILES string of the molecule is C[NH+]1C2CC(OC(=O)C(CO)c3ccccc3)CC1C1OC12. The molecule has 0 radical (unpaired) electrons. The number of benzene rings is 1. The van der Waals surface area contributed by atoms with Crippen molar-refractivity contribution in [1.29, 1.82) is 0 Å². The molecule has 0 aliphatic carbocycles. The van der Waals surface area contributed by atoms with Gasteiger partial charge in [-0.2, -0.15) is 0 Å². The Kier molecular flexibility index (Phi) is 3.44. The summed E-state index contributed by atoms with van der Waals surface area (Å²) in [6, 6.07) is 10.2. The highest BCUT2D eigenvalue weighted by Crippen LogP contribution is 2.39. The van der Waals surface area contributed by atoms with Crippen LogP contribution in [0.25, 0.3) is 0 Å². The highest BCUT2D eigenvalue weighted by Gasteiger charge is 2.66. The van der Waals surface area contributed by atoms with Crippen molar-refractivity contribution in [3.8, 4) is 0 Å². The molecule has 3 aliphatic heterocycles. The Balaban J connectivity index is 1.42. The fraction of sp³-hybridized carbons (Fsp3) is 0.588. The minimum Gasteiger partial charge on any atom is -0.461 e. The van der Waals surface area contributed by atoms with E-state index in [0.717, 1.165) is 18.4 Å². The van der Waals surface area contributed by atoms with E-state index in [1.807, 2.05) is 30.3 Å². The van der Waals surface area contributed by atoms with Gasteiger partial charge in [0.15, 0.2) is 0 Å². The van der Waals surface area contributed by atoms with E-state index in [4.69, 9.17) is 9.47 Å². The summed E-state index contributed by atoms with van der Waals surface area (Å²) in [5, 5.41) is 9.56. The van der Waals surface area contributed by atoms with Crippen LogP contribution in [-0.2, 0) is 14.3 Å². The molecule has 22 heavy (non-hydrogen) atoms. The van der Waals surface area contributed by atoms with Crippen molar-refractivity contribution in [2.24, 2.45) is 0 Å². The molecule has 1 aromatic carbocycles. The zero-order chi connectivity index (χ0) is 15.3. The highest BCUT2D eigenvalue weighted by atomic mass is 16.6. The number of carbonyl (C=O) groups is 1. The summed E-state index contributed by atoms with van der Waals surface area (Å²) in [4.78, 5) is 14.0. The largest absolute Gasteiger partial charge is 0.461 e. The van der Waals surface area contributed by atoms with Crippen LogP contribution < -0.4 is 4.90 Å². The zero-order valence-electron chi connectivity index (χ0n) is 12.6. The average molecular weight is 304 g/mol. The summed E-state index contributed by atoms with van der Waals surface area (Å²) in [5.41, 5.74) is 0.808. The van der Waals surface area contributed by atoms with E-state index in [-0.39, 0.29) is 18.7 Å². The molecule has 1 aromatic rings. The molecule has 5 nitrogen and oxygen atoms in total. The summed E-state index contributed by atoms with van der Waals surface area (Å²) in [5.74, 6) is -0.899. The van der Waals surface area contributed by atoms with Crippen LogP contribution in [0.5, 0.6) is 0 Å². The predicted molar refractivity (Wildman–Crippen MR) is 78.5 cm³/mol. The van der Waals surface area contributed by atoms with Crippen molar-refractivity contribution >= 4 is 5.97 Å². The minimum absolute atomic E-state index is 0.0413. The first-order chi connectivity index (χ1) is 10.7. The highest BCUT2D eigenvalue weighted by molar-refractivity contribution is 5.78. The van der Waals surface area contributed by atoms with E-state index >= 15 is 0 Å². The van der Waals surface area contributed by atoms with Crippen molar-refractivity contribution in [2.75, 3.05) is 13.7 Å². The van der Waals surface area contributed by atoms with E-state index in [0.29, 0.717) is 24.3 Å². The van der Waals surface area contributed by atoms with Gasteiger partial charge >= 0.3 is 5.97 Å². The van der Waals surface area contributed by atoms with E-state index in [1.54, 1.807) is 0 Å². The summed E-state index contributed by atoms with van der Waals surface area (Å²) < 4.78 is 11.4. The number of aliphatic hydroxyl groups excluding tert-OH is 1. The van der Waals surface area contributed by atoms with Gasteiger partial charge in [-0.15, -0.1) is 0 Å². The van der Waals surface area contributed by atoms with Crippen molar-refractivity contribution in [3.05, 3.63) is 35.9 Å². The maximum atomic E-state index is 12.4. The first-order valence-corrected chi connectivity index (χ1v) is 8.04. The van der Waals surface area contributed by atoms with Crippen LogP contribution in [-0.4, -0.2) is 55.1 Å². The molecule has 0 saturated carbocycles. The standard InChI is InChI=1S/C17H21NO4/c1-18-13-7-11(8-14(18)16-15(13)22-16)21-17(20)12(9-19)10-5-3-2-4-6-10/h2-6,11-16,19H,7-9H2,1H3/p+1. The van der Waals surface area contributed by atoms with Crippen molar-refractivity contribution in [3.63, 3.8) is 0 Å². The van der Waals surface area contributed by atoms with Crippen LogP contribution in [0.15, 0.2) is 30.3 Å². The van der Waals surface area contributed by atoms with Gasteiger partial charge in [0.1, 0.15) is 36.3 Å². The Morgan fingerprint density at radius 1 is 1.32 bits per heavy atom. The zero-order valence-corrected chi connectivity index (χ0v) is 12.6. The number of epoxide rings is 1. The molecule has 5 heteroatoms. The number of hydrogen-bond acceptors (Lipinski definition) is 4. The molecule has 5 unspecified atom stereocenters. The minimum atomic E-state index is -0.586. The number of rotatable bonds is 4. The molecule has 3 heterocycles. The van der Waals surface area contributed by atoms with E-state index in [2.05, 4.69) is 7.05 Å². The number of fused-ring (bicyclic) bond motifs is 5. The van der Waals surface area contributed by atoms with Gasteiger partial charge in [-0.3, -0.25) is 4.79 Å². The molecule has 0 amide bonds. The first kappa shape index (κ1) is 14.2. The third-order valence-corrected chi connectivity index (χ3v) is 5.51. The van der Waals surface area contributed by atoms with Gasteiger partial charge < -0.3 is 19.5 Å². The lowest BCUT2D eigenvalue weighted by Crippen LogP contribution is -3.17. The van der Waals surface area contributed by atoms with Gasteiger partial charge in [0, 0.05) is 12.8 Å². The molecule has 3 aliphatic rings. The van der Waals surface area contributed by atoms with E-state index < -0.39 is 5.92 Å². The molecule has 0 aromatic heterocycles. The summed E-state index contributed by atoms with van der Waals surface area (Å²) in [7, 11) is 2.21. The molecule has 2 bridgehead atoms. The number of nitrogens with one attached hydrogen (secondary N) is 1. The maximum Gasteiger partial charge on any atom is 0.316 e. The van der Waals surface area contributed by atoms with Crippen LogP contribution >= 0.6 is 0 Å². The quantitative estimate of drug-likeness (QED) is 0.581. The Morgan fingerprint density at radius 3 is 2.55 bits per heavy atom. The summed E-state index contributed by atoms with van der Waals surface area (Å²) in [6.45, 7) is -0.220. The molecule has 3 fully saturated rings. The summed E-state index contributed by atoms with van der Waals surface area (Å²) in [6.07, 6.45) is 2.43. The Bertz CT molecular complexity index is 545. The van der Waals surface area contributed by atoms with Gasteiger partial charge in [-0.25, -0.2) is 0 Å². The number of likely N-dealkylation sites (N-methyl/N-ethyl adjacent to an activating group) is 1. The molecule has 4 rings (SSSR count). The molecule has 0 spiro atoms. The van der Waals surface area contributed by atoms with Gasteiger partial charge in [-0.1, -0.05) is 30.3 Å². The second-order valence-corrected chi connectivity index (χ2v) is 6.70. The summed E-state index contributed by atoms with van der Waals surface area (Å²) >= 11 is 0. The van der Waals surface area contributed by atoms with E-state index in [9.17, 15) is 9.90 Å². The number of carbonyl (C=O) groups excluding carboxylic acids is 1. The third kappa shape index (κ3) is 2.24. The number of piperidine rings is 1. The number of aliphatic hydroxyl groups is 1. The monoisotopic (exact) mass is 304 g/mol. The average Bonchev–Trinajstić information content (AvgIpc) is 3.27. The predicted octanol–water partition coefficient (Wildman–Crippen LogP) is -0.499. The van der Waals surface area contributed by atoms with Crippen molar-refractivity contribution in [2.45, 2.75) is 49.2 Å². The van der Waals surface area contributed by atoms with Gasteiger partial charge in [0.25, 0.3) is 0 Å². The van der Waals surface area contributed by atoms with Gasteiger partial charge in [0.2, 0.25) is 0 Å². The number of esters is 1. The fourth-order valence-corrected chi connectivity index (χ4v) is 4.22. The van der Waals surface area contributed by atoms with Crippen LogP contribution in [0.4, 0.5) is 0 Å². The molecule has 5 atom stereocenters. The van der Waals surface area contributed by atoms with Crippen LogP contribution in [0, 0.1) is 0 Å². The molecular formula is C17H22NO4+. The Hall–Kier alpha value is -1.43. The second kappa shape index (κ2) is 5.33. The first-order valence-electron chi connectivity index (χ1n) is 8.04. The molecular weight excluding hydrogens is 282 g/mol. The smallest absolute Gasteiger partial charge is 0.316 e. The van der Waals surface area contributed by atoms with Gasteiger partial charge in [-0.05, 0) is 5.56 Å². The van der Waals surface area contributed by atoms with Crippen molar-refractivity contribution < 1.29 is 24.3 Å². The lowest BCUT2D eigenvalue weighted by molar-refractivity contribution is -0.930. The Labute approximate surface area is 129 Å². The van der Waals surface area contributed by atoms with Crippen LogP contribution in [0.2, 0.25) is 0 Å². The second-order valence-electron chi connectivity index (χ2n) is 6.70.